The number of carbonyl (C=O) groups excluding carboxylic acids is 1. The summed E-state index contributed by atoms with van der Waals surface area (Å²) < 4.78 is 11.9. The van der Waals surface area contributed by atoms with Gasteiger partial charge in [-0.25, -0.2) is 4.79 Å². The Hall–Kier alpha value is -2.93. The molecule has 0 unspecified atom stereocenters. The number of hydrogen-bond acceptors (Lipinski definition) is 6. The maximum atomic E-state index is 11.6. The van der Waals surface area contributed by atoms with Gasteiger partial charge in [0.1, 0.15) is 18.2 Å². The van der Waals surface area contributed by atoms with Crippen molar-refractivity contribution in [3.05, 3.63) is 82.0 Å². The summed E-state index contributed by atoms with van der Waals surface area (Å²) >= 11 is 3.50. The average molecular weight is 442 g/mol. The first-order valence-corrected chi connectivity index (χ1v) is 9.65. The Labute approximate surface area is 172 Å². The number of esters is 1. The third-order valence-electron chi connectivity index (χ3n) is 3.87. The van der Waals surface area contributed by atoms with Crippen LogP contribution < -0.4 is 10.1 Å². The van der Waals surface area contributed by atoms with Crippen molar-refractivity contribution in [3.8, 4) is 5.75 Å². The number of nitrogens with zero attached hydrogens (tertiary/aromatic N) is 2. The predicted octanol–water partition coefficient (Wildman–Crippen LogP) is 4.61. The van der Waals surface area contributed by atoms with Crippen molar-refractivity contribution in [2.45, 2.75) is 20.1 Å². The van der Waals surface area contributed by atoms with Crippen LogP contribution in [-0.2, 0) is 17.9 Å². The van der Waals surface area contributed by atoms with Crippen molar-refractivity contribution in [2.24, 2.45) is 0 Å². The molecule has 0 aliphatic rings. The molecule has 28 heavy (non-hydrogen) atoms. The molecule has 0 aliphatic heterocycles. The molecule has 0 spiro atoms. The van der Waals surface area contributed by atoms with E-state index in [1.807, 2.05) is 48.5 Å². The number of anilines is 1. The molecule has 144 valence electrons. The molecule has 7 heteroatoms. The van der Waals surface area contributed by atoms with Gasteiger partial charge < -0.3 is 14.8 Å². The molecule has 0 fully saturated rings. The highest BCUT2D eigenvalue weighted by atomic mass is 79.9. The Morgan fingerprint density at radius 1 is 1.07 bits per heavy atom. The molecule has 0 radical (unpaired) electrons. The van der Waals surface area contributed by atoms with Gasteiger partial charge in [0, 0.05) is 16.6 Å². The Morgan fingerprint density at radius 3 is 2.61 bits per heavy atom. The first-order chi connectivity index (χ1) is 13.7. The minimum absolute atomic E-state index is 0.182. The lowest BCUT2D eigenvalue weighted by Crippen LogP contribution is -2.10. The molecule has 0 amide bonds. The second-order valence-corrected chi connectivity index (χ2v) is 6.82. The zero-order valence-electron chi connectivity index (χ0n) is 15.4. The highest BCUT2D eigenvalue weighted by Gasteiger charge is 2.10. The Balaban J connectivity index is 1.65. The molecule has 3 rings (SSSR count). The van der Waals surface area contributed by atoms with Crippen LogP contribution in [-0.4, -0.2) is 22.8 Å². The van der Waals surface area contributed by atoms with E-state index >= 15 is 0 Å². The van der Waals surface area contributed by atoms with Crippen LogP contribution in [0.15, 0.2) is 65.1 Å². The van der Waals surface area contributed by atoms with Crippen LogP contribution in [0.5, 0.6) is 5.75 Å². The first kappa shape index (κ1) is 19.8. The van der Waals surface area contributed by atoms with Crippen LogP contribution in [0.4, 0.5) is 5.82 Å². The highest BCUT2D eigenvalue weighted by molar-refractivity contribution is 9.10. The fourth-order valence-electron chi connectivity index (χ4n) is 2.49. The quantitative estimate of drug-likeness (QED) is 0.514. The maximum Gasteiger partial charge on any atom is 0.358 e. The molecular formula is C21H20BrN3O3. The van der Waals surface area contributed by atoms with Gasteiger partial charge in [0.15, 0.2) is 5.69 Å². The molecule has 3 aromatic rings. The van der Waals surface area contributed by atoms with E-state index in [2.05, 4.69) is 31.4 Å². The average Bonchev–Trinajstić information content (AvgIpc) is 2.73. The van der Waals surface area contributed by atoms with Crippen molar-refractivity contribution >= 4 is 27.7 Å². The van der Waals surface area contributed by atoms with E-state index in [1.54, 1.807) is 19.1 Å². The molecule has 0 saturated carbocycles. The van der Waals surface area contributed by atoms with Crippen molar-refractivity contribution < 1.29 is 14.3 Å². The van der Waals surface area contributed by atoms with Crippen LogP contribution in [0.25, 0.3) is 0 Å². The molecule has 1 aromatic heterocycles. The molecular weight excluding hydrogens is 422 g/mol. The lowest BCUT2D eigenvalue weighted by molar-refractivity contribution is 0.0518. The summed E-state index contributed by atoms with van der Waals surface area (Å²) in [4.78, 5) is 11.6. The van der Waals surface area contributed by atoms with E-state index in [0.29, 0.717) is 25.6 Å². The first-order valence-electron chi connectivity index (χ1n) is 8.85. The summed E-state index contributed by atoms with van der Waals surface area (Å²) in [6, 6.07) is 19.2. The van der Waals surface area contributed by atoms with Gasteiger partial charge in [-0.05, 0) is 42.8 Å². The summed E-state index contributed by atoms with van der Waals surface area (Å²) in [6.45, 7) is 3.03. The fraction of sp³-hybridized carbons (Fsp3) is 0.190. The second kappa shape index (κ2) is 9.85. The van der Waals surface area contributed by atoms with E-state index in [4.69, 9.17) is 9.47 Å². The topological polar surface area (TPSA) is 73.3 Å². The van der Waals surface area contributed by atoms with Gasteiger partial charge in [-0.3, -0.25) is 0 Å². The van der Waals surface area contributed by atoms with E-state index in [-0.39, 0.29) is 5.69 Å². The van der Waals surface area contributed by atoms with Crippen LogP contribution >= 0.6 is 15.9 Å². The summed E-state index contributed by atoms with van der Waals surface area (Å²) in [5, 5.41) is 11.1. The van der Waals surface area contributed by atoms with Crippen LogP contribution in [0.2, 0.25) is 0 Å². The number of nitrogens with one attached hydrogen (secondary N) is 1. The zero-order valence-corrected chi connectivity index (χ0v) is 17.0. The van der Waals surface area contributed by atoms with Crippen molar-refractivity contribution in [1.29, 1.82) is 0 Å². The van der Waals surface area contributed by atoms with Gasteiger partial charge in [0.25, 0.3) is 0 Å². The van der Waals surface area contributed by atoms with Crippen LogP contribution in [0.3, 0.4) is 0 Å². The Kier molecular flexibility index (Phi) is 6.97. The largest absolute Gasteiger partial charge is 0.489 e. The molecule has 6 nitrogen and oxygen atoms in total. The maximum absolute atomic E-state index is 11.6. The molecule has 0 atom stereocenters. The van der Waals surface area contributed by atoms with Gasteiger partial charge >= 0.3 is 5.97 Å². The minimum atomic E-state index is -0.481. The van der Waals surface area contributed by atoms with Crippen LogP contribution in [0.1, 0.15) is 28.5 Å². The van der Waals surface area contributed by atoms with E-state index in [0.717, 1.165) is 21.3 Å². The predicted molar refractivity (Wildman–Crippen MR) is 110 cm³/mol. The Morgan fingerprint density at radius 2 is 1.89 bits per heavy atom. The lowest BCUT2D eigenvalue weighted by atomic mass is 10.2. The highest BCUT2D eigenvalue weighted by Crippen LogP contribution is 2.25. The van der Waals surface area contributed by atoms with Crippen molar-refractivity contribution in [2.75, 3.05) is 11.9 Å². The summed E-state index contributed by atoms with van der Waals surface area (Å²) in [5.74, 6) is 0.864. The number of hydrogen-bond donors (Lipinski definition) is 1. The standard InChI is InChI=1S/C21H20BrN3O3/c1-2-27-21(26)18-9-11-20(25-24-18)23-13-16-12-17(22)8-10-19(16)28-14-15-6-4-3-5-7-15/h3-12H,2,13-14H2,1H3,(H,23,25). The van der Waals surface area contributed by atoms with Crippen molar-refractivity contribution in [1.82, 2.24) is 10.2 Å². The monoisotopic (exact) mass is 441 g/mol. The number of rotatable bonds is 8. The molecule has 1 N–H and O–H groups in total. The molecule has 0 saturated heterocycles. The number of benzene rings is 2. The number of ether oxygens (including phenoxy) is 2. The summed E-state index contributed by atoms with van der Waals surface area (Å²) in [6.07, 6.45) is 0. The smallest absolute Gasteiger partial charge is 0.358 e. The molecule has 2 aromatic carbocycles. The number of aromatic nitrogens is 2. The lowest BCUT2D eigenvalue weighted by Gasteiger charge is -2.13. The SMILES string of the molecule is CCOC(=O)c1ccc(NCc2cc(Br)ccc2OCc2ccccc2)nn1. The molecule has 0 aliphatic carbocycles. The Bertz CT molecular complexity index is 918. The van der Waals surface area contributed by atoms with E-state index in [1.165, 1.54) is 0 Å². The van der Waals surface area contributed by atoms with Gasteiger partial charge in [-0.2, -0.15) is 0 Å². The number of carbonyl (C=O) groups is 1. The van der Waals surface area contributed by atoms with Gasteiger partial charge in [-0.15, -0.1) is 10.2 Å². The van der Waals surface area contributed by atoms with Gasteiger partial charge in [0.05, 0.1) is 6.61 Å². The van der Waals surface area contributed by atoms with E-state index in [9.17, 15) is 4.79 Å². The number of halogens is 1. The fourth-order valence-corrected chi connectivity index (χ4v) is 2.90. The second-order valence-electron chi connectivity index (χ2n) is 5.90. The summed E-state index contributed by atoms with van der Waals surface area (Å²) in [5.41, 5.74) is 2.26. The van der Waals surface area contributed by atoms with Gasteiger partial charge in [0.2, 0.25) is 0 Å². The minimum Gasteiger partial charge on any atom is -0.489 e. The third kappa shape index (κ3) is 5.53. The zero-order chi connectivity index (χ0) is 19.8. The van der Waals surface area contributed by atoms with Crippen molar-refractivity contribution in [3.63, 3.8) is 0 Å². The third-order valence-corrected chi connectivity index (χ3v) is 4.36. The summed E-state index contributed by atoms with van der Waals surface area (Å²) in [7, 11) is 0. The van der Waals surface area contributed by atoms with Crippen LogP contribution in [0, 0.1) is 0 Å². The van der Waals surface area contributed by atoms with Gasteiger partial charge in [-0.1, -0.05) is 46.3 Å². The molecule has 1 heterocycles. The van der Waals surface area contributed by atoms with E-state index < -0.39 is 5.97 Å². The molecule has 0 bridgehead atoms. The normalized spacial score (nSPS) is 10.4.